The first kappa shape index (κ1) is 14.4. The van der Waals surface area contributed by atoms with Crippen LogP contribution in [0.1, 0.15) is 15.9 Å². The summed E-state index contributed by atoms with van der Waals surface area (Å²) in [5.41, 5.74) is -0.339. The van der Waals surface area contributed by atoms with Crippen LogP contribution in [-0.4, -0.2) is 10.8 Å². The van der Waals surface area contributed by atoms with Gasteiger partial charge in [0.15, 0.2) is 0 Å². The molecule has 0 saturated carbocycles. The number of rotatable bonds is 4. The number of nitro benzene ring substituents is 1. The highest BCUT2D eigenvalue weighted by Gasteiger charge is 2.12. The number of nitro groups is 1. The Kier molecular flexibility index (Phi) is 4.13. The van der Waals surface area contributed by atoms with Crippen LogP contribution in [0.2, 0.25) is 0 Å². The number of hydrogen-bond acceptors (Lipinski definition) is 4. The standard InChI is InChI=1S/C14H11FN2O4/c15-12-4-2-1-3-11(12)14(19)16-8-9-7-10(17(20)21)5-6-13(9)18/h1-7,18H,8H2,(H,16,19)/p-1. The minimum Gasteiger partial charge on any atom is -0.872 e. The van der Waals surface area contributed by atoms with Crippen LogP contribution in [0.25, 0.3) is 0 Å². The molecule has 108 valence electrons. The van der Waals surface area contributed by atoms with Crippen LogP contribution >= 0.6 is 0 Å². The van der Waals surface area contributed by atoms with Gasteiger partial charge in [-0.3, -0.25) is 14.9 Å². The highest BCUT2D eigenvalue weighted by molar-refractivity contribution is 5.94. The minimum absolute atomic E-state index is 0.0638. The van der Waals surface area contributed by atoms with Gasteiger partial charge in [0.05, 0.1) is 10.5 Å². The van der Waals surface area contributed by atoms with Crippen molar-refractivity contribution in [2.24, 2.45) is 0 Å². The summed E-state index contributed by atoms with van der Waals surface area (Å²) in [6.45, 7) is -0.215. The second kappa shape index (κ2) is 6.00. The first-order chi connectivity index (χ1) is 9.99. The molecule has 0 aliphatic heterocycles. The second-order valence-electron chi connectivity index (χ2n) is 4.21. The Hall–Kier alpha value is -2.96. The maximum absolute atomic E-state index is 13.4. The summed E-state index contributed by atoms with van der Waals surface area (Å²) in [5.74, 6) is -1.81. The summed E-state index contributed by atoms with van der Waals surface area (Å²) in [7, 11) is 0. The Morgan fingerprint density at radius 2 is 1.95 bits per heavy atom. The molecule has 2 aromatic rings. The molecule has 0 aliphatic carbocycles. The number of hydrogen-bond donors (Lipinski definition) is 1. The Morgan fingerprint density at radius 1 is 1.24 bits per heavy atom. The molecule has 0 bridgehead atoms. The van der Waals surface area contributed by atoms with Gasteiger partial charge in [-0.15, -0.1) is 5.75 Å². The molecular weight excluding hydrogens is 279 g/mol. The highest BCUT2D eigenvalue weighted by atomic mass is 19.1. The minimum atomic E-state index is -0.695. The van der Waals surface area contributed by atoms with E-state index >= 15 is 0 Å². The number of non-ortho nitro benzene ring substituents is 1. The van der Waals surface area contributed by atoms with E-state index in [0.717, 1.165) is 24.3 Å². The van der Waals surface area contributed by atoms with Gasteiger partial charge in [-0.25, -0.2) is 4.39 Å². The summed E-state index contributed by atoms with van der Waals surface area (Å²) in [4.78, 5) is 21.8. The third-order valence-electron chi connectivity index (χ3n) is 2.81. The Bertz CT molecular complexity index is 703. The molecule has 0 unspecified atom stereocenters. The lowest BCUT2D eigenvalue weighted by Crippen LogP contribution is -2.24. The molecule has 0 heterocycles. The molecule has 1 N–H and O–H groups in total. The molecule has 0 radical (unpaired) electrons. The van der Waals surface area contributed by atoms with E-state index in [1.807, 2.05) is 0 Å². The molecule has 7 heteroatoms. The normalized spacial score (nSPS) is 10.1. The van der Waals surface area contributed by atoms with Gasteiger partial charge in [-0.05, 0) is 17.7 Å². The van der Waals surface area contributed by atoms with E-state index in [1.165, 1.54) is 18.2 Å². The number of halogens is 1. The SMILES string of the molecule is O=C(NCc1cc([N+](=O)[O-])ccc1[O-])c1ccccc1F. The zero-order chi connectivity index (χ0) is 15.4. The molecule has 0 spiro atoms. The highest BCUT2D eigenvalue weighted by Crippen LogP contribution is 2.20. The van der Waals surface area contributed by atoms with E-state index in [4.69, 9.17) is 0 Å². The van der Waals surface area contributed by atoms with Crippen molar-refractivity contribution in [1.29, 1.82) is 0 Å². The van der Waals surface area contributed by atoms with Crippen LogP contribution in [0.4, 0.5) is 10.1 Å². The van der Waals surface area contributed by atoms with Crippen LogP contribution < -0.4 is 10.4 Å². The van der Waals surface area contributed by atoms with Crippen molar-refractivity contribution in [3.05, 3.63) is 69.5 Å². The van der Waals surface area contributed by atoms with Gasteiger partial charge in [-0.2, -0.15) is 0 Å². The lowest BCUT2D eigenvalue weighted by Gasteiger charge is -2.13. The molecular formula is C14H10FN2O4-. The zero-order valence-corrected chi connectivity index (χ0v) is 10.7. The fraction of sp³-hybridized carbons (Fsp3) is 0.0714. The quantitative estimate of drug-likeness (QED) is 0.685. The largest absolute Gasteiger partial charge is 0.872 e. The molecule has 0 atom stereocenters. The number of nitrogens with one attached hydrogen (secondary N) is 1. The van der Waals surface area contributed by atoms with E-state index in [2.05, 4.69) is 5.32 Å². The van der Waals surface area contributed by atoms with Gasteiger partial charge in [0, 0.05) is 18.7 Å². The fourth-order valence-corrected chi connectivity index (χ4v) is 1.73. The predicted octanol–water partition coefficient (Wildman–Crippen LogP) is 1.74. The maximum Gasteiger partial charge on any atom is 0.269 e. The third kappa shape index (κ3) is 3.33. The van der Waals surface area contributed by atoms with Crippen molar-refractivity contribution in [1.82, 2.24) is 5.32 Å². The van der Waals surface area contributed by atoms with Gasteiger partial charge in [0.1, 0.15) is 5.82 Å². The van der Waals surface area contributed by atoms with Crippen molar-refractivity contribution in [3.63, 3.8) is 0 Å². The first-order valence-corrected chi connectivity index (χ1v) is 5.96. The number of amides is 1. The van der Waals surface area contributed by atoms with Gasteiger partial charge in [-0.1, -0.05) is 18.2 Å². The van der Waals surface area contributed by atoms with E-state index in [1.54, 1.807) is 0 Å². The summed E-state index contributed by atoms with van der Waals surface area (Å²) in [5, 5.41) is 24.6. The van der Waals surface area contributed by atoms with Gasteiger partial charge in [0.2, 0.25) is 0 Å². The topological polar surface area (TPSA) is 95.3 Å². The number of carbonyl (C=O) groups is 1. The number of benzene rings is 2. The van der Waals surface area contributed by atoms with Crippen LogP contribution in [-0.2, 0) is 6.54 Å². The molecule has 21 heavy (non-hydrogen) atoms. The number of carbonyl (C=O) groups excluding carboxylic acids is 1. The molecule has 0 aromatic heterocycles. The number of nitrogens with zero attached hydrogens (tertiary/aromatic N) is 1. The van der Waals surface area contributed by atoms with Crippen molar-refractivity contribution in [2.75, 3.05) is 0 Å². The van der Waals surface area contributed by atoms with E-state index in [9.17, 15) is 24.4 Å². The van der Waals surface area contributed by atoms with Crippen molar-refractivity contribution >= 4 is 11.6 Å². The summed E-state index contributed by atoms with van der Waals surface area (Å²) in [6, 6.07) is 8.63. The van der Waals surface area contributed by atoms with Crippen molar-refractivity contribution < 1.29 is 19.2 Å². The lowest BCUT2D eigenvalue weighted by atomic mass is 10.1. The summed E-state index contributed by atoms with van der Waals surface area (Å²) in [6.07, 6.45) is 0. The van der Waals surface area contributed by atoms with E-state index in [-0.39, 0.29) is 23.4 Å². The third-order valence-corrected chi connectivity index (χ3v) is 2.81. The average Bonchev–Trinajstić information content (AvgIpc) is 2.46. The Morgan fingerprint density at radius 3 is 2.62 bits per heavy atom. The molecule has 2 rings (SSSR count). The van der Waals surface area contributed by atoms with Crippen LogP contribution in [0.15, 0.2) is 42.5 Å². The Balaban J connectivity index is 2.13. The predicted molar refractivity (Wildman–Crippen MR) is 70.1 cm³/mol. The van der Waals surface area contributed by atoms with Crippen LogP contribution in [0.3, 0.4) is 0 Å². The van der Waals surface area contributed by atoms with Gasteiger partial charge < -0.3 is 10.4 Å². The van der Waals surface area contributed by atoms with E-state index in [0.29, 0.717) is 0 Å². The lowest BCUT2D eigenvalue weighted by molar-refractivity contribution is -0.385. The first-order valence-electron chi connectivity index (χ1n) is 5.96. The van der Waals surface area contributed by atoms with Crippen LogP contribution in [0, 0.1) is 15.9 Å². The molecule has 0 aliphatic rings. The van der Waals surface area contributed by atoms with E-state index < -0.39 is 22.4 Å². The fourth-order valence-electron chi connectivity index (χ4n) is 1.73. The van der Waals surface area contributed by atoms with Gasteiger partial charge in [0.25, 0.3) is 11.6 Å². The molecule has 0 fully saturated rings. The van der Waals surface area contributed by atoms with Crippen molar-refractivity contribution in [2.45, 2.75) is 6.54 Å². The van der Waals surface area contributed by atoms with Crippen molar-refractivity contribution in [3.8, 4) is 5.75 Å². The summed E-state index contributed by atoms with van der Waals surface area (Å²) < 4.78 is 13.4. The van der Waals surface area contributed by atoms with Gasteiger partial charge >= 0.3 is 0 Å². The Labute approximate surface area is 119 Å². The maximum atomic E-state index is 13.4. The monoisotopic (exact) mass is 289 g/mol. The molecule has 1 amide bonds. The average molecular weight is 289 g/mol. The summed E-state index contributed by atoms with van der Waals surface area (Å²) >= 11 is 0. The molecule has 2 aromatic carbocycles. The molecule has 6 nitrogen and oxygen atoms in total. The molecule has 0 saturated heterocycles. The zero-order valence-electron chi connectivity index (χ0n) is 10.7. The second-order valence-corrected chi connectivity index (χ2v) is 4.21. The smallest absolute Gasteiger partial charge is 0.269 e. The van der Waals surface area contributed by atoms with Crippen LogP contribution in [0.5, 0.6) is 5.75 Å².